The summed E-state index contributed by atoms with van der Waals surface area (Å²) < 4.78 is 34.5. The van der Waals surface area contributed by atoms with Crippen LogP contribution in [0.1, 0.15) is 12.0 Å². The maximum atomic E-state index is 12.6. The fourth-order valence-electron chi connectivity index (χ4n) is 3.89. The number of pyridine rings is 1. The van der Waals surface area contributed by atoms with Crippen molar-refractivity contribution in [3.05, 3.63) is 59.4 Å². The summed E-state index contributed by atoms with van der Waals surface area (Å²) in [7, 11) is 1.26. The smallest absolute Gasteiger partial charge is 0.283 e. The first kappa shape index (κ1) is 24.8. The largest absolute Gasteiger partial charge is 0.496 e. The van der Waals surface area contributed by atoms with Crippen molar-refractivity contribution in [2.24, 2.45) is 4.40 Å². The summed E-state index contributed by atoms with van der Waals surface area (Å²) in [5.74, 6) is 0.665. The molecular weight excluding hydrogens is 492 g/mol. The molecule has 1 aromatic heterocycles. The monoisotopic (exact) mass is 518 g/mol. The zero-order valence-corrected chi connectivity index (χ0v) is 21.7. The van der Waals surface area contributed by atoms with Crippen LogP contribution in [0, 0.1) is 0 Å². The molecule has 2 aromatic carbocycles. The molecule has 0 saturated carbocycles. The second-order valence-corrected chi connectivity index (χ2v) is 11.8. The van der Waals surface area contributed by atoms with Crippen molar-refractivity contribution in [3.8, 4) is 5.75 Å². The first-order chi connectivity index (χ1) is 16.2. The highest BCUT2D eigenvalue weighted by molar-refractivity contribution is 8.00. The minimum atomic E-state index is -3.78. The van der Waals surface area contributed by atoms with Crippen LogP contribution in [0.2, 0.25) is 5.02 Å². The number of rotatable bonds is 8. The zero-order chi connectivity index (χ0) is 24.3. The summed E-state index contributed by atoms with van der Waals surface area (Å²) in [6.45, 7) is 2.37. The molecule has 10 heteroatoms. The molecule has 1 saturated heterocycles. The molecular formula is C24H27ClN4O3S2. The third kappa shape index (κ3) is 5.83. The van der Waals surface area contributed by atoms with E-state index in [1.165, 1.54) is 12.4 Å². The van der Waals surface area contributed by atoms with Crippen molar-refractivity contribution < 1.29 is 13.2 Å². The Labute approximate surface area is 209 Å². The maximum Gasteiger partial charge on any atom is 0.283 e. The van der Waals surface area contributed by atoms with Gasteiger partial charge in [-0.05, 0) is 54.8 Å². The van der Waals surface area contributed by atoms with Crippen LogP contribution in [0.5, 0.6) is 5.75 Å². The van der Waals surface area contributed by atoms with Gasteiger partial charge in [0.1, 0.15) is 12.1 Å². The Morgan fingerprint density at radius 2 is 2.09 bits per heavy atom. The highest BCUT2D eigenvalue weighted by atomic mass is 35.5. The van der Waals surface area contributed by atoms with Gasteiger partial charge in [0.25, 0.3) is 10.0 Å². The summed E-state index contributed by atoms with van der Waals surface area (Å²) >= 11 is 8.33. The van der Waals surface area contributed by atoms with Crippen LogP contribution >= 0.6 is 23.4 Å². The van der Waals surface area contributed by atoms with Gasteiger partial charge in [0.05, 0.1) is 17.0 Å². The number of benzene rings is 2. The molecule has 34 heavy (non-hydrogen) atoms. The van der Waals surface area contributed by atoms with Crippen LogP contribution in [0.4, 0.5) is 0 Å². The van der Waals surface area contributed by atoms with Crippen molar-refractivity contribution >= 4 is 50.5 Å². The number of sulfonamides is 1. The Morgan fingerprint density at radius 1 is 1.26 bits per heavy atom. The van der Waals surface area contributed by atoms with Gasteiger partial charge >= 0.3 is 0 Å². The molecule has 1 aliphatic rings. The molecule has 0 unspecified atom stereocenters. The van der Waals surface area contributed by atoms with Crippen LogP contribution in [-0.4, -0.2) is 69.1 Å². The fourth-order valence-corrected chi connectivity index (χ4v) is 6.40. The van der Waals surface area contributed by atoms with Gasteiger partial charge in [-0.25, -0.2) is 0 Å². The van der Waals surface area contributed by atoms with Gasteiger partial charge in [-0.3, -0.25) is 9.88 Å². The molecule has 0 bridgehead atoms. The first-order valence-electron chi connectivity index (χ1n) is 10.8. The van der Waals surface area contributed by atoms with Crippen molar-refractivity contribution in [1.29, 1.82) is 0 Å². The Kier molecular flexibility index (Phi) is 7.67. The number of halogens is 1. The normalized spacial score (nSPS) is 17.0. The quantitative estimate of drug-likeness (QED) is 0.320. The molecule has 1 atom stereocenters. The molecule has 0 radical (unpaired) electrons. The summed E-state index contributed by atoms with van der Waals surface area (Å²) in [5.41, 5.74) is 0.825. The van der Waals surface area contributed by atoms with Crippen molar-refractivity contribution in [2.45, 2.75) is 28.0 Å². The second-order valence-electron chi connectivity index (χ2n) is 8.40. The number of nitrogens with zero attached hydrogens (tertiary/aromatic N) is 4. The summed E-state index contributed by atoms with van der Waals surface area (Å²) in [6, 6.07) is 11.0. The van der Waals surface area contributed by atoms with Gasteiger partial charge in [-0.1, -0.05) is 11.6 Å². The van der Waals surface area contributed by atoms with Crippen LogP contribution in [0.25, 0.3) is 10.8 Å². The molecule has 3 aromatic rings. The predicted octanol–water partition coefficient (Wildman–Crippen LogP) is 4.54. The Hall–Kier alpha value is -2.33. The van der Waals surface area contributed by atoms with Crippen molar-refractivity contribution in [2.75, 3.05) is 34.3 Å². The van der Waals surface area contributed by atoms with Crippen LogP contribution in [0.3, 0.4) is 0 Å². The lowest BCUT2D eigenvalue weighted by molar-refractivity contribution is 0.321. The lowest BCUT2D eigenvalue weighted by Crippen LogP contribution is -2.21. The maximum absolute atomic E-state index is 12.6. The van der Waals surface area contributed by atoms with E-state index in [4.69, 9.17) is 16.3 Å². The Bertz CT molecular complexity index is 1310. The van der Waals surface area contributed by atoms with E-state index in [-0.39, 0.29) is 4.90 Å². The third-order valence-electron chi connectivity index (χ3n) is 5.57. The average molecular weight is 519 g/mol. The van der Waals surface area contributed by atoms with Gasteiger partial charge < -0.3 is 9.64 Å². The zero-order valence-electron chi connectivity index (χ0n) is 19.3. The SMILES string of the molecule is COc1ccc(S(=O)(=O)N=CN(C)C)cc1CN1CC[C@H](Sc2cc3ccncc3cc2Cl)C1. The van der Waals surface area contributed by atoms with E-state index in [2.05, 4.69) is 20.3 Å². The molecule has 7 nitrogen and oxygen atoms in total. The number of thioether (sulfide) groups is 1. The van der Waals surface area contributed by atoms with Gasteiger partial charge in [0.2, 0.25) is 0 Å². The number of hydrogen-bond acceptors (Lipinski definition) is 6. The van der Waals surface area contributed by atoms with E-state index >= 15 is 0 Å². The van der Waals surface area contributed by atoms with E-state index in [9.17, 15) is 8.42 Å². The minimum absolute atomic E-state index is 0.156. The Balaban J connectivity index is 1.47. The van der Waals surface area contributed by atoms with E-state index in [0.717, 1.165) is 45.8 Å². The van der Waals surface area contributed by atoms with Gasteiger partial charge in [-0.15, -0.1) is 16.2 Å². The molecule has 1 aliphatic heterocycles. The minimum Gasteiger partial charge on any atom is -0.496 e. The van der Waals surface area contributed by atoms with Crippen LogP contribution < -0.4 is 4.74 Å². The third-order valence-corrected chi connectivity index (χ3v) is 8.53. The van der Waals surface area contributed by atoms with Gasteiger partial charge in [0, 0.05) is 60.7 Å². The molecule has 0 aliphatic carbocycles. The highest BCUT2D eigenvalue weighted by Gasteiger charge is 2.26. The number of aromatic nitrogens is 1. The number of hydrogen-bond donors (Lipinski definition) is 0. The molecule has 1 fully saturated rings. The molecule has 0 N–H and O–H groups in total. The van der Waals surface area contributed by atoms with Gasteiger partial charge in [-0.2, -0.15) is 8.42 Å². The molecule has 180 valence electrons. The Morgan fingerprint density at radius 3 is 2.85 bits per heavy atom. The standard InChI is InChI=1S/C24H27ClN4O3S2/c1-28(2)16-27-34(30,31)21-4-5-23(32-3)19(10-21)14-29-9-7-20(15-29)33-24-12-17-6-8-26-13-18(17)11-22(24)25/h4-6,8,10-13,16,20H,7,9,14-15H2,1-3H3/t20-/m0/s1. The van der Waals surface area contributed by atoms with Gasteiger partial charge in [0.15, 0.2) is 0 Å². The topological polar surface area (TPSA) is 75.1 Å². The number of methoxy groups -OCH3 is 1. The number of ether oxygens (including phenoxy) is 1. The van der Waals surface area contributed by atoms with Crippen molar-refractivity contribution in [1.82, 2.24) is 14.8 Å². The predicted molar refractivity (Wildman–Crippen MR) is 139 cm³/mol. The summed E-state index contributed by atoms with van der Waals surface area (Å²) in [5, 5.41) is 3.28. The van der Waals surface area contributed by atoms with Crippen LogP contribution in [0.15, 0.2) is 63.0 Å². The molecule has 4 rings (SSSR count). The molecule has 0 spiro atoms. The van der Waals surface area contributed by atoms with E-state index in [0.29, 0.717) is 17.5 Å². The first-order valence-corrected chi connectivity index (χ1v) is 13.5. The molecule has 0 amide bonds. The summed E-state index contributed by atoms with van der Waals surface area (Å²) in [4.78, 5) is 9.28. The van der Waals surface area contributed by atoms with E-state index in [1.54, 1.807) is 56.2 Å². The van der Waals surface area contributed by atoms with E-state index < -0.39 is 10.0 Å². The molecule has 2 heterocycles. The van der Waals surface area contributed by atoms with E-state index in [1.807, 2.05) is 18.3 Å². The number of likely N-dealkylation sites (tertiary alicyclic amines) is 1. The van der Waals surface area contributed by atoms with Crippen LogP contribution in [-0.2, 0) is 16.6 Å². The van der Waals surface area contributed by atoms with Crippen molar-refractivity contribution in [3.63, 3.8) is 0 Å². The lowest BCUT2D eigenvalue weighted by Gasteiger charge is -2.19. The summed E-state index contributed by atoms with van der Waals surface area (Å²) in [6.07, 6.45) is 5.91. The lowest BCUT2D eigenvalue weighted by atomic mass is 10.2. The number of fused-ring (bicyclic) bond motifs is 1. The highest BCUT2D eigenvalue weighted by Crippen LogP contribution is 2.37. The fraction of sp³-hybridized carbons (Fsp3) is 0.333. The second kappa shape index (κ2) is 10.5. The average Bonchev–Trinajstić information content (AvgIpc) is 3.25.